The van der Waals surface area contributed by atoms with Crippen LogP contribution in [0.2, 0.25) is 0 Å². The van der Waals surface area contributed by atoms with E-state index in [0.29, 0.717) is 24.6 Å². The van der Waals surface area contributed by atoms with Crippen molar-refractivity contribution in [1.82, 2.24) is 14.9 Å². The SMILES string of the molecule is CNc1ncc(C(=O)N2CCC(Oc3ccccc3OC)CC2)cn1. The van der Waals surface area contributed by atoms with Crippen molar-refractivity contribution in [2.75, 3.05) is 32.6 Å². The van der Waals surface area contributed by atoms with Gasteiger partial charge in [0, 0.05) is 45.4 Å². The fourth-order valence-electron chi connectivity index (χ4n) is 2.82. The van der Waals surface area contributed by atoms with Gasteiger partial charge in [-0.15, -0.1) is 0 Å². The van der Waals surface area contributed by atoms with Gasteiger partial charge < -0.3 is 19.7 Å². The number of benzene rings is 1. The lowest BCUT2D eigenvalue weighted by atomic mass is 10.1. The summed E-state index contributed by atoms with van der Waals surface area (Å²) in [5.74, 6) is 1.92. The maximum Gasteiger partial charge on any atom is 0.256 e. The van der Waals surface area contributed by atoms with Gasteiger partial charge in [0.1, 0.15) is 6.10 Å². The van der Waals surface area contributed by atoms with Crippen LogP contribution in [0.4, 0.5) is 5.95 Å². The molecule has 0 radical (unpaired) electrons. The van der Waals surface area contributed by atoms with Gasteiger partial charge in [-0.2, -0.15) is 0 Å². The Kier molecular flexibility index (Phi) is 5.33. The Bertz CT molecular complexity index is 713. The first-order valence-corrected chi connectivity index (χ1v) is 8.30. The van der Waals surface area contributed by atoms with Crippen molar-refractivity contribution in [3.63, 3.8) is 0 Å². The first kappa shape index (κ1) is 17.0. The molecule has 0 unspecified atom stereocenters. The maximum absolute atomic E-state index is 12.5. The van der Waals surface area contributed by atoms with Gasteiger partial charge in [-0.1, -0.05) is 12.1 Å². The molecule has 0 atom stereocenters. The lowest BCUT2D eigenvalue weighted by Crippen LogP contribution is -2.41. The number of carbonyl (C=O) groups excluding carboxylic acids is 1. The lowest BCUT2D eigenvalue weighted by Gasteiger charge is -2.32. The molecule has 0 aliphatic carbocycles. The number of aromatic nitrogens is 2. The minimum absolute atomic E-state index is 0.0432. The number of nitrogens with zero attached hydrogens (tertiary/aromatic N) is 3. The van der Waals surface area contributed by atoms with E-state index < -0.39 is 0 Å². The molecular formula is C18H22N4O3. The van der Waals surface area contributed by atoms with Gasteiger partial charge in [-0.25, -0.2) is 9.97 Å². The highest BCUT2D eigenvalue weighted by Gasteiger charge is 2.25. The second-order valence-electron chi connectivity index (χ2n) is 5.81. The molecule has 1 saturated heterocycles. The normalized spacial score (nSPS) is 14.9. The predicted octanol–water partition coefficient (Wildman–Crippen LogP) is 2.21. The summed E-state index contributed by atoms with van der Waals surface area (Å²) in [6.45, 7) is 1.29. The summed E-state index contributed by atoms with van der Waals surface area (Å²) in [5.41, 5.74) is 0.503. The molecule has 132 valence electrons. The molecule has 0 saturated carbocycles. The molecule has 0 spiro atoms. The third-order valence-corrected chi connectivity index (χ3v) is 4.21. The number of rotatable bonds is 5. The molecule has 1 aliphatic rings. The van der Waals surface area contributed by atoms with Crippen LogP contribution >= 0.6 is 0 Å². The molecular weight excluding hydrogens is 320 g/mol. The van der Waals surface area contributed by atoms with E-state index in [1.165, 1.54) is 0 Å². The van der Waals surface area contributed by atoms with E-state index in [1.54, 1.807) is 26.6 Å². The smallest absolute Gasteiger partial charge is 0.256 e. The summed E-state index contributed by atoms with van der Waals surface area (Å²) in [7, 11) is 3.37. The third-order valence-electron chi connectivity index (χ3n) is 4.21. The summed E-state index contributed by atoms with van der Waals surface area (Å²) in [4.78, 5) is 22.5. The minimum Gasteiger partial charge on any atom is -0.493 e. The van der Waals surface area contributed by atoms with E-state index in [4.69, 9.17) is 9.47 Å². The van der Waals surface area contributed by atoms with Crippen LogP contribution in [0.15, 0.2) is 36.7 Å². The molecule has 25 heavy (non-hydrogen) atoms. The van der Waals surface area contributed by atoms with E-state index in [9.17, 15) is 4.79 Å². The zero-order valence-corrected chi connectivity index (χ0v) is 14.4. The average Bonchev–Trinajstić information content (AvgIpc) is 2.68. The summed E-state index contributed by atoms with van der Waals surface area (Å²) in [5, 5.41) is 2.84. The molecule has 1 fully saturated rings. The van der Waals surface area contributed by atoms with Gasteiger partial charge in [-0.05, 0) is 12.1 Å². The third kappa shape index (κ3) is 3.99. The van der Waals surface area contributed by atoms with Crippen LogP contribution in [0.25, 0.3) is 0 Å². The van der Waals surface area contributed by atoms with Gasteiger partial charge in [-0.3, -0.25) is 4.79 Å². The topological polar surface area (TPSA) is 76.6 Å². The van der Waals surface area contributed by atoms with Crippen molar-refractivity contribution in [2.45, 2.75) is 18.9 Å². The summed E-state index contributed by atoms with van der Waals surface area (Å²) in [6.07, 6.45) is 4.73. The number of hydrogen-bond acceptors (Lipinski definition) is 6. The summed E-state index contributed by atoms with van der Waals surface area (Å²) < 4.78 is 11.4. The van der Waals surface area contributed by atoms with Crippen LogP contribution in [0.5, 0.6) is 11.5 Å². The fraction of sp³-hybridized carbons (Fsp3) is 0.389. The Morgan fingerprint density at radius 3 is 2.40 bits per heavy atom. The van der Waals surface area contributed by atoms with Crippen molar-refractivity contribution in [1.29, 1.82) is 0 Å². The molecule has 1 aromatic carbocycles. The van der Waals surface area contributed by atoms with Crippen molar-refractivity contribution in [3.8, 4) is 11.5 Å². The molecule has 1 N–H and O–H groups in total. The monoisotopic (exact) mass is 342 g/mol. The number of nitrogens with one attached hydrogen (secondary N) is 1. The first-order chi connectivity index (χ1) is 12.2. The van der Waals surface area contributed by atoms with Crippen LogP contribution < -0.4 is 14.8 Å². The Morgan fingerprint density at radius 2 is 1.80 bits per heavy atom. The fourth-order valence-corrected chi connectivity index (χ4v) is 2.82. The molecule has 7 heteroatoms. The van der Waals surface area contributed by atoms with Crippen LogP contribution in [-0.4, -0.2) is 54.1 Å². The first-order valence-electron chi connectivity index (χ1n) is 8.30. The van der Waals surface area contributed by atoms with E-state index in [0.717, 1.165) is 24.3 Å². The Labute approximate surface area is 147 Å². The van der Waals surface area contributed by atoms with Gasteiger partial charge >= 0.3 is 0 Å². The van der Waals surface area contributed by atoms with Crippen LogP contribution in [0.1, 0.15) is 23.2 Å². The predicted molar refractivity (Wildman–Crippen MR) is 94.1 cm³/mol. The second kappa shape index (κ2) is 7.83. The van der Waals surface area contributed by atoms with Gasteiger partial charge in [0.25, 0.3) is 5.91 Å². The van der Waals surface area contributed by atoms with Crippen LogP contribution in [0.3, 0.4) is 0 Å². The summed E-state index contributed by atoms with van der Waals surface area (Å²) >= 11 is 0. The number of para-hydroxylation sites is 2. The number of anilines is 1. The van der Waals surface area contributed by atoms with Crippen molar-refractivity contribution in [3.05, 3.63) is 42.2 Å². The Morgan fingerprint density at radius 1 is 1.16 bits per heavy atom. The second-order valence-corrected chi connectivity index (χ2v) is 5.81. The molecule has 1 amide bonds. The van der Waals surface area contributed by atoms with Crippen LogP contribution in [0, 0.1) is 0 Å². The van der Waals surface area contributed by atoms with Crippen molar-refractivity contribution >= 4 is 11.9 Å². The Hall–Kier alpha value is -2.83. The number of carbonyl (C=O) groups is 1. The molecule has 2 aromatic rings. The number of amides is 1. The lowest BCUT2D eigenvalue weighted by molar-refractivity contribution is 0.0590. The quantitative estimate of drug-likeness (QED) is 0.898. The molecule has 3 rings (SSSR count). The van der Waals surface area contributed by atoms with Crippen molar-refractivity contribution in [2.24, 2.45) is 0 Å². The van der Waals surface area contributed by atoms with Gasteiger partial charge in [0.05, 0.1) is 12.7 Å². The highest BCUT2D eigenvalue weighted by atomic mass is 16.5. The zero-order valence-electron chi connectivity index (χ0n) is 14.4. The number of piperidine rings is 1. The standard InChI is InChI=1S/C18H22N4O3/c1-19-18-20-11-13(12-21-18)17(23)22-9-7-14(8-10-22)25-16-6-4-3-5-15(16)24-2/h3-6,11-12,14H,7-10H2,1-2H3,(H,19,20,21). The maximum atomic E-state index is 12.5. The molecule has 2 heterocycles. The van der Waals surface area contributed by atoms with E-state index >= 15 is 0 Å². The minimum atomic E-state index is -0.0432. The highest BCUT2D eigenvalue weighted by Crippen LogP contribution is 2.29. The molecule has 1 aliphatic heterocycles. The molecule has 7 nitrogen and oxygen atoms in total. The number of hydrogen-bond donors (Lipinski definition) is 1. The molecule has 1 aromatic heterocycles. The largest absolute Gasteiger partial charge is 0.493 e. The van der Waals surface area contributed by atoms with Gasteiger partial charge in [0.15, 0.2) is 11.5 Å². The highest BCUT2D eigenvalue weighted by molar-refractivity contribution is 5.93. The summed E-state index contributed by atoms with van der Waals surface area (Å²) in [6, 6.07) is 7.61. The average molecular weight is 342 g/mol. The number of ether oxygens (including phenoxy) is 2. The number of likely N-dealkylation sites (tertiary alicyclic amines) is 1. The zero-order chi connectivity index (χ0) is 17.6. The van der Waals surface area contributed by atoms with Gasteiger partial charge in [0.2, 0.25) is 5.95 Å². The molecule has 0 bridgehead atoms. The number of methoxy groups -OCH3 is 1. The van der Waals surface area contributed by atoms with E-state index in [1.807, 2.05) is 29.2 Å². The van der Waals surface area contributed by atoms with E-state index in [2.05, 4.69) is 15.3 Å². The Balaban J connectivity index is 1.56. The van der Waals surface area contributed by atoms with Crippen LogP contribution in [-0.2, 0) is 0 Å². The van der Waals surface area contributed by atoms with E-state index in [-0.39, 0.29) is 12.0 Å². The van der Waals surface area contributed by atoms with Crippen molar-refractivity contribution < 1.29 is 14.3 Å².